The van der Waals surface area contributed by atoms with Crippen molar-refractivity contribution in [3.63, 3.8) is 0 Å². The molecule has 0 unspecified atom stereocenters. The third-order valence-corrected chi connectivity index (χ3v) is 3.14. The van der Waals surface area contributed by atoms with Crippen molar-refractivity contribution in [2.75, 3.05) is 6.54 Å². The molecule has 1 amide bonds. The first kappa shape index (κ1) is 11.0. The number of amides is 1. The van der Waals surface area contributed by atoms with E-state index in [2.05, 4.69) is 15.5 Å². The van der Waals surface area contributed by atoms with Crippen molar-refractivity contribution in [3.05, 3.63) is 42.1 Å². The number of hydrogen-bond donors (Lipinski definition) is 2. The highest BCUT2D eigenvalue weighted by Gasteiger charge is 2.22. The molecule has 1 aliphatic rings. The second-order valence-electron chi connectivity index (χ2n) is 4.69. The lowest BCUT2D eigenvalue weighted by Crippen LogP contribution is -2.25. The number of nitrogens with zero attached hydrogens (tertiary/aromatic N) is 1. The smallest absolute Gasteiger partial charge is 0.269 e. The predicted molar refractivity (Wildman–Crippen MR) is 69.1 cm³/mol. The summed E-state index contributed by atoms with van der Waals surface area (Å²) < 4.78 is 0. The first-order chi connectivity index (χ1) is 8.83. The van der Waals surface area contributed by atoms with Crippen LogP contribution in [0.5, 0.6) is 0 Å². The zero-order valence-electron chi connectivity index (χ0n) is 10.0. The van der Waals surface area contributed by atoms with Gasteiger partial charge in [0, 0.05) is 12.1 Å². The van der Waals surface area contributed by atoms with Crippen molar-refractivity contribution in [2.45, 2.75) is 12.8 Å². The van der Waals surface area contributed by atoms with E-state index < -0.39 is 0 Å². The van der Waals surface area contributed by atoms with Crippen LogP contribution in [0.1, 0.15) is 23.3 Å². The molecular weight excluding hydrogens is 226 g/mol. The fourth-order valence-electron chi connectivity index (χ4n) is 1.85. The quantitative estimate of drug-likeness (QED) is 0.862. The second-order valence-corrected chi connectivity index (χ2v) is 4.69. The van der Waals surface area contributed by atoms with Gasteiger partial charge in [0.1, 0.15) is 5.69 Å². The van der Waals surface area contributed by atoms with Crippen LogP contribution in [0.4, 0.5) is 0 Å². The summed E-state index contributed by atoms with van der Waals surface area (Å²) in [4.78, 5) is 11.8. The summed E-state index contributed by atoms with van der Waals surface area (Å²) in [6.45, 7) is 0.776. The molecule has 1 fully saturated rings. The lowest BCUT2D eigenvalue weighted by Gasteiger charge is -2.00. The lowest BCUT2D eigenvalue weighted by atomic mass is 10.1. The Morgan fingerprint density at radius 1 is 1.33 bits per heavy atom. The number of rotatable bonds is 4. The van der Waals surface area contributed by atoms with Gasteiger partial charge in [0.05, 0.1) is 5.69 Å². The van der Waals surface area contributed by atoms with Gasteiger partial charge in [0.15, 0.2) is 0 Å². The third kappa shape index (κ3) is 2.42. The van der Waals surface area contributed by atoms with Crippen LogP contribution >= 0.6 is 0 Å². The number of carbonyl (C=O) groups is 1. The summed E-state index contributed by atoms with van der Waals surface area (Å²) in [6, 6.07) is 11.6. The number of carbonyl (C=O) groups excluding carboxylic acids is 1. The van der Waals surface area contributed by atoms with Crippen molar-refractivity contribution in [2.24, 2.45) is 5.92 Å². The summed E-state index contributed by atoms with van der Waals surface area (Å²) in [7, 11) is 0. The molecular formula is C14H15N3O. The third-order valence-electron chi connectivity index (χ3n) is 3.14. The van der Waals surface area contributed by atoms with Gasteiger partial charge < -0.3 is 5.32 Å². The molecule has 0 spiro atoms. The fourth-order valence-corrected chi connectivity index (χ4v) is 1.85. The molecule has 0 bridgehead atoms. The highest BCUT2D eigenvalue weighted by molar-refractivity contribution is 5.93. The highest BCUT2D eigenvalue weighted by Crippen LogP contribution is 2.27. The highest BCUT2D eigenvalue weighted by atomic mass is 16.1. The Bertz CT molecular complexity index is 543. The van der Waals surface area contributed by atoms with Gasteiger partial charge in [-0.05, 0) is 24.8 Å². The van der Waals surface area contributed by atoms with E-state index >= 15 is 0 Å². The Morgan fingerprint density at radius 2 is 2.11 bits per heavy atom. The van der Waals surface area contributed by atoms with E-state index in [4.69, 9.17) is 0 Å². The molecule has 18 heavy (non-hydrogen) atoms. The van der Waals surface area contributed by atoms with Gasteiger partial charge in [0.2, 0.25) is 0 Å². The monoisotopic (exact) mass is 241 g/mol. The number of nitrogens with one attached hydrogen (secondary N) is 2. The topological polar surface area (TPSA) is 57.8 Å². The van der Waals surface area contributed by atoms with Crippen LogP contribution < -0.4 is 5.32 Å². The molecule has 4 nitrogen and oxygen atoms in total. The molecule has 0 aliphatic heterocycles. The minimum atomic E-state index is -0.0726. The molecule has 2 aromatic rings. The maximum atomic E-state index is 11.8. The zero-order valence-corrected chi connectivity index (χ0v) is 10.0. The van der Waals surface area contributed by atoms with E-state index in [0.717, 1.165) is 17.8 Å². The lowest BCUT2D eigenvalue weighted by molar-refractivity contribution is 0.0947. The summed E-state index contributed by atoms with van der Waals surface area (Å²) in [5, 5.41) is 9.87. The van der Waals surface area contributed by atoms with Gasteiger partial charge in [-0.1, -0.05) is 30.3 Å². The number of benzene rings is 1. The number of aromatic nitrogens is 2. The average molecular weight is 241 g/mol. The van der Waals surface area contributed by atoms with Crippen LogP contribution in [-0.2, 0) is 0 Å². The molecule has 1 aromatic carbocycles. The van der Waals surface area contributed by atoms with Gasteiger partial charge in [-0.2, -0.15) is 5.10 Å². The zero-order chi connectivity index (χ0) is 12.4. The Labute approximate surface area is 105 Å². The summed E-state index contributed by atoms with van der Waals surface area (Å²) in [6.07, 6.45) is 2.47. The minimum absolute atomic E-state index is 0.0726. The van der Waals surface area contributed by atoms with Crippen LogP contribution in [0.2, 0.25) is 0 Å². The van der Waals surface area contributed by atoms with Crippen molar-refractivity contribution >= 4 is 5.91 Å². The van der Waals surface area contributed by atoms with Gasteiger partial charge >= 0.3 is 0 Å². The van der Waals surface area contributed by atoms with E-state index in [0.29, 0.717) is 11.6 Å². The molecule has 3 rings (SSSR count). The van der Waals surface area contributed by atoms with E-state index in [1.54, 1.807) is 6.07 Å². The van der Waals surface area contributed by atoms with Gasteiger partial charge in [-0.15, -0.1) is 0 Å². The van der Waals surface area contributed by atoms with E-state index in [1.807, 2.05) is 30.3 Å². The van der Waals surface area contributed by atoms with Crippen LogP contribution in [0, 0.1) is 5.92 Å². The molecule has 1 saturated carbocycles. The molecule has 0 atom stereocenters. The number of hydrogen-bond acceptors (Lipinski definition) is 2. The second kappa shape index (κ2) is 4.64. The number of H-pyrrole nitrogens is 1. The van der Waals surface area contributed by atoms with Crippen molar-refractivity contribution in [1.29, 1.82) is 0 Å². The molecule has 4 heteroatoms. The van der Waals surface area contributed by atoms with Crippen LogP contribution in [0.15, 0.2) is 36.4 Å². The summed E-state index contributed by atoms with van der Waals surface area (Å²) in [5.74, 6) is 0.613. The maximum Gasteiger partial charge on any atom is 0.269 e. The van der Waals surface area contributed by atoms with E-state index in [1.165, 1.54) is 12.8 Å². The van der Waals surface area contributed by atoms with Crippen LogP contribution in [0.25, 0.3) is 11.3 Å². The number of aromatic amines is 1. The Balaban J connectivity index is 1.70. The normalized spacial score (nSPS) is 14.4. The predicted octanol–water partition coefficient (Wildman–Crippen LogP) is 2.22. The SMILES string of the molecule is O=C(NCC1CC1)c1cc(-c2ccccc2)n[nH]1. The van der Waals surface area contributed by atoms with Crippen molar-refractivity contribution in [1.82, 2.24) is 15.5 Å². The van der Waals surface area contributed by atoms with Gasteiger partial charge in [-0.25, -0.2) is 0 Å². The van der Waals surface area contributed by atoms with Gasteiger partial charge in [0.25, 0.3) is 5.91 Å². The maximum absolute atomic E-state index is 11.8. The molecule has 1 heterocycles. The molecule has 92 valence electrons. The van der Waals surface area contributed by atoms with Crippen LogP contribution in [-0.4, -0.2) is 22.6 Å². The molecule has 1 aliphatic carbocycles. The molecule has 1 aromatic heterocycles. The summed E-state index contributed by atoms with van der Waals surface area (Å²) in [5.41, 5.74) is 2.33. The van der Waals surface area contributed by atoms with E-state index in [-0.39, 0.29) is 5.91 Å². The first-order valence-electron chi connectivity index (χ1n) is 6.22. The van der Waals surface area contributed by atoms with Crippen molar-refractivity contribution < 1.29 is 4.79 Å². The average Bonchev–Trinajstić information content (AvgIpc) is 3.11. The molecule has 2 N–H and O–H groups in total. The molecule has 0 saturated heterocycles. The standard InChI is InChI=1S/C14H15N3O/c18-14(15-9-10-6-7-10)13-8-12(16-17-13)11-4-2-1-3-5-11/h1-5,8,10H,6-7,9H2,(H,15,18)(H,16,17). The van der Waals surface area contributed by atoms with E-state index in [9.17, 15) is 4.79 Å². The first-order valence-corrected chi connectivity index (χ1v) is 6.22. The Kier molecular flexibility index (Phi) is 2.84. The molecule has 0 radical (unpaired) electrons. The van der Waals surface area contributed by atoms with Crippen molar-refractivity contribution in [3.8, 4) is 11.3 Å². The largest absolute Gasteiger partial charge is 0.350 e. The fraction of sp³-hybridized carbons (Fsp3) is 0.286. The Hall–Kier alpha value is -2.10. The summed E-state index contributed by atoms with van der Waals surface area (Å²) >= 11 is 0. The minimum Gasteiger partial charge on any atom is -0.350 e. The van der Waals surface area contributed by atoms with Gasteiger partial charge in [-0.3, -0.25) is 9.89 Å². The van der Waals surface area contributed by atoms with Crippen LogP contribution in [0.3, 0.4) is 0 Å². The Morgan fingerprint density at radius 3 is 2.83 bits per heavy atom.